The Hall–Kier alpha value is -1.70. The maximum absolute atomic E-state index is 9.30. The van der Waals surface area contributed by atoms with Crippen molar-refractivity contribution in [2.24, 2.45) is 0 Å². The van der Waals surface area contributed by atoms with E-state index in [1.165, 1.54) is 0 Å². The summed E-state index contributed by atoms with van der Waals surface area (Å²) >= 11 is 0. The SMILES string of the molecule is C/C=C\C(=C/CC)OCc1cccc(O)c1. The van der Waals surface area contributed by atoms with E-state index in [2.05, 4.69) is 6.92 Å². The van der Waals surface area contributed by atoms with Crippen LogP contribution in [0.5, 0.6) is 5.75 Å². The van der Waals surface area contributed by atoms with Crippen molar-refractivity contribution in [3.8, 4) is 5.75 Å². The summed E-state index contributed by atoms with van der Waals surface area (Å²) in [5.74, 6) is 1.14. The highest BCUT2D eigenvalue weighted by Gasteiger charge is 1.96. The number of allylic oxidation sites excluding steroid dienone is 3. The molecule has 0 saturated heterocycles. The Morgan fingerprint density at radius 2 is 2.25 bits per heavy atom. The number of hydrogen-bond acceptors (Lipinski definition) is 2. The van der Waals surface area contributed by atoms with Gasteiger partial charge in [0.1, 0.15) is 18.1 Å². The monoisotopic (exact) mass is 218 g/mol. The minimum Gasteiger partial charge on any atom is -0.508 e. The molecular formula is C14H18O2. The number of phenolic OH excluding ortho intramolecular Hbond substituents is 1. The van der Waals surface area contributed by atoms with Crippen LogP contribution in [0.2, 0.25) is 0 Å². The average molecular weight is 218 g/mol. The molecule has 0 bridgehead atoms. The molecule has 86 valence electrons. The van der Waals surface area contributed by atoms with Crippen molar-refractivity contribution in [1.29, 1.82) is 0 Å². The number of hydrogen-bond donors (Lipinski definition) is 1. The van der Waals surface area contributed by atoms with Crippen LogP contribution in [0.25, 0.3) is 0 Å². The second-order valence-electron chi connectivity index (χ2n) is 3.47. The molecule has 0 spiro atoms. The molecule has 0 aliphatic rings. The van der Waals surface area contributed by atoms with E-state index in [4.69, 9.17) is 4.74 Å². The van der Waals surface area contributed by atoms with Gasteiger partial charge in [-0.3, -0.25) is 0 Å². The Bertz CT molecular complexity index is 378. The van der Waals surface area contributed by atoms with Crippen molar-refractivity contribution < 1.29 is 9.84 Å². The molecule has 2 nitrogen and oxygen atoms in total. The minimum atomic E-state index is 0.271. The molecule has 0 aliphatic carbocycles. The van der Waals surface area contributed by atoms with E-state index >= 15 is 0 Å². The van der Waals surface area contributed by atoms with Crippen LogP contribution < -0.4 is 0 Å². The van der Waals surface area contributed by atoms with E-state index in [-0.39, 0.29) is 5.75 Å². The van der Waals surface area contributed by atoms with E-state index in [1.54, 1.807) is 12.1 Å². The van der Waals surface area contributed by atoms with Crippen LogP contribution in [0.15, 0.2) is 48.3 Å². The van der Waals surface area contributed by atoms with Crippen molar-refractivity contribution in [2.75, 3.05) is 0 Å². The number of ether oxygens (including phenoxy) is 1. The second kappa shape index (κ2) is 6.72. The number of benzene rings is 1. The molecule has 1 N–H and O–H groups in total. The molecule has 0 saturated carbocycles. The largest absolute Gasteiger partial charge is 0.508 e. The highest BCUT2D eigenvalue weighted by molar-refractivity contribution is 5.26. The third-order valence-corrected chi connectivity index (χ3v) is 2.05. The zero-order valence-corrected chi connectivity index (χ0v) is 9.81. The molecule has 16 heavy (non-hydrogen) atoms. The van der Waals surface area contributed by atoms with Crippen molar-refractivity contribution in [1.82, 2.24) is 0 Å². The van der Waals surface area contributed by atoms with Gasteiger partial charge in [0.15, 0.2) is 0 Å². The van der Waals surface area contributed by atoms with E-state index in [1.807, 2.05) is 37.3 Å². The van der Waals surface area contributed by atoms with Gasteiger partial charge in [-0.25, -0.2) is 0 Å². The fourth-order valence-corrected chi connectivity index (χ4v) is 1.35. The number of rotatable bonds is 5. The van der Waals surface area contributed by atoms with Gasteiger partial charge in [0.2, 0.25) is 0 Å². The topological polar surface area (TPSA) is 29.5 Å². The summed E-state index contributed by atoms with van der Waals surface area (Å²) in [6.07, 6.45) is 6.86. The van der Waals surface area contributed by atoms with Gasteiger partial charge in [0.05, 0.1) is 0 Å². The summed E-state index contributed by atoms with van der Waals surface area (Å²) in [7, 11) is 0. The molecule has 2 heteroatoms. The summed E-state index contributed by atoms with van der Waals surface area (Å²) in [6.45, 7) is 4.51. The zero-order chi connectivity index (χ0) is 11.8. The molecule has 0 radical (unpaired) electrons. The molecule has 0 atom stereocenters. The van der Waals surface area contributed by atoms with Crippen LogP contribution in [-0.2, 0) is 11.3 Å². The molecule has 0 amide bonds. The van der Waals surface area contributed by atoms with Crippen molar-refractivity contribution in [3.63, 3.8) is 0 Å². The fraction of sp³-hybridized carbons (Fsp3) is 0.286. The smallest absolute Gasteiger partial charge is 0.115 e. The maximum Gasteiger partial charge on any atom is 0.115 e. The van der Waals surface area contributed by atoms with Gasteiger partial charge < -0.3 is 9.84 Å². The Morgan fingerprint density at radius 1 is 1.44 bits per heavy atom. The van der Waals surface area contributed by atoms with Gasteiger partial charge in [-0.15, -0.1) is 0 Å². The average Bonchev–Trinajstić information content (AvgIpc) is 2.27. The summed E-state index contributed by atoms with van der Waals surface area (Å²) < 4.78 is 5.63. The summed E-state index contributed by atoms with van der Waals surface area (Å²) in [5.41, 5.74) is 0.964. The Kier molecular flexibility index (Phi) is 5.20. The van der Waals surface area contributed by atoms with Crippen molar-refractivity contribution in [2.45, 2.75) is 26.9 Å². The van der Waals surface area contributed by atoms with Crippen LogP contribution >= 0.6 is 0 Å². The summed E-state index contributed by atoms with van der Waals surface area (Å²) in [6, 6.07) is 7.10. The van der Waals surface area contributed by atoms with Gasteiger partial charge in [0.25, 0.3) is 0 Å². The van der Waals surface area contributed by atoms with Gasteiger partial charge >= 0.3 is 0 Å². The lowest BCUT2D eigenvalue weighted by molar-refractivity contribution is 0.209. The Morgan fingerprint density at radius 3 is 2.88 bits per heavy atom. The molecular weight excluding hydrogens is 200 g/mol. The molecule has 0 aromatic heterocycles. The highest BCUT2D eigenvalue weighted by Crippen LogP contribution is 2.13. The quantitative estimate of drug-likeness (QED) is 0.602. The predicted octanol–water partition coefficient (Wildman–Crippen LogP) is 3.78. The summed E-state index contributed by atoms with van der Waals surface area (Å²) in [4.78, 5) is 0. The van der Waals surface area contributed by atoms with Crippen molar-refractivity contribution >= 4 is 0 Å². The van der Waals surface area contributed by atoms with Gasteiger partial charge in [-0.1, -0.05) is 25.1 Å². The van der Waals surface area contributed by atoms with E-state index < -0.39 is 0 Å². The Labute approximate surface area is 96.9 Å². The minimum absolute atomic E-state index is 0.271. The number of aromatic hydroxyl groups is 1. The van der Waals surface area contributed by atoms with Crippen molar-refractivity contribution in [3.05, 3.63) is 53.8 Å². The zero-order valence-electron chi connectivity index (χ0n) is 9.81. The fourth-order valence-electron chi connectivity index (χ4n) is 1.35. The first-order valence-electron chi connectivity index (χ1n) is 5.49. The van der Waals surface area contributed by atoms with E-state index in [9.17, 15) is 5.11 Å². The van der Waals surface area contributed by atoms with E-state index in [0.29, 0.717) is 6.61 Å². The first-order valence-corrected chi connectivity index (χ1v) is 5.49. The normalized spacial score (nSPS) is 12.0. The molecule has 0 fully saturated rings. The lowest BCUT2D eigenvalue weighted by Gasteiger charge is -2.07. The lowest BCUT2D eigenvalue weighted by atomic mass is 10.2. The van der Waals surface area contributed by atoms with Crippen LogP contribution in [0.1, 0.15) is 25.8 Å². The van der Waals surface area contributed by atoms with Crippen LogP contribution in [0, 0.1) is 0 Å². The molecule has 1 aromatic carbocycles. The predicted molar refractivity (Wildman–Crippen MR) is 66.1 cm³/mol. The van der Waals surface area contributed by atoms with Gasteiger partial charge in [-0.05, 0) is 43.2 Å². The van der Waals surface area contributed by atoms with Crippen LogP contribution in [0.3, 0.4) is 0 Å². The third-order valence-electron chi connectivity index (χ3n) is 2.05. The van der Waals surface area contributed by atoms with Crippen LogP contribution in [-0.4, -0.2) is 5.11 Å². The third kappa shape index (κ3) is 4.22. The molecule has 1 aromatic rings. The lowest BCUT2D eigenvalue weighted by Crippen LogP contribution is -1.91. The highest BCUT2D eigenvalue weighted by atomic mass is 16.5. The standard InChI is InChI=1S/C14H18O2/c1-3-6-14(7-4-2)16-11-12-8-5-9-13(15)10-12/h3,5-10,15H,4,11H2,1-2H3/b6-3-,14-7+. The summed E-state index contributed by atoms with van der Waals surface area (Å²) in [5, 5.41) is 9.30. The molecule has 0 aliphatic heterocycles. The Balaban J connectivity index is 2.59. The first-order chi connectivity index (χ1) is 7.76. The molecule has 0 heterocycles. The molecule has 1 rings (SSSR count). The first kappa shape index (κ1) is 12.4. The number of phenols is 1. The molecule has 0 unspecified atom stereocenters. The van der Waals surface area contributed by atoms with Gasteiger partial charge in [0, 0.05) is 0 Å². The second-order valence-corrected chi connectivity index (χ2v) is 3.47. The van der Waals surface area contributed by atoms with E-state index in [0.717, 1.165) is 17.7 Å². The van der Waals surface area contributed by atoms with Crippen LogP contribution in [0.4, 0.5) is 0 Å². The van der Waals surface area contributed by atoms with Gasteiger partial charge in [-0.2, -0.15) is 0 Å². The maximum atomic E-state index is 9.30.